The molecule has 0 spiro atoms. The molecule has 19 heavy (non-hydrogen) atoms. The van der Waals surface area contributed by atoms with Crippen molar-refractivity contribution < 1.29 is 9.47 Å². The molecule has 104 valence electrons. The summed E-state index contributed by atoms with van der Waals surface area (Å²) in [5, 5.41) is 1.19. The lowest BCUT2D eigenvalue weighted by Gasteiger charge is -2.05. The summed E-state index contributed by atoms with van der Waals surface area (Å²) in [4.78, 5) is 4.44. The fourth-order valence-corrected chi connectivity index (χ4v) is 2.13. The molecule has 2 aromatic rings. The molecule has 5 heteroatoms. The normalized spacial score (nSPS) is 11.3. The number of hydrogen-bond donors (Lipinski definition) is 1. The third kappa shape index (κ3) is 3.53. The Morgan fingerprint density at radius 1 is 1.32 bits per heavy atom. The molecule has 0 amide bonds. The SMILES string of the molecule is COCCOCCn1cc(CCN)c2cccnc21. The third-order valence-electron chi connectivity index (χ3n) is 3.04. The van der Waals surface area contributed by atoms with Gasteiger partial charge >= 0.3 is 0 Å². The number of pyridine rings is 1. The minimum atomic E-state index is 0.624. The first kappa shape index (κ1) is 14.0. The quantitative estimate of drug-likeness (QED) is 0.727. The van der Waals surface area contributed by atoms with Gasteiger partial charge in [-0.3, -0.25) is 0 Å². The molecule has 5 nitrogen and oxygen atoms in total. The monoisotopic (exact) mass is 263 g/mol. The van der Waals surface area contributed by atoms with E-state index in [4.69, 9.17) is 15.2 Å². The number of nitrogens with two attached hydrogens (primary N) is 1. The molecule has 0 aromatic carbocycles. The molecule has 0 unspecified atom stereocenters. The van der Waals surface area contributed by atoms with Gasteiger partial charge in [0, 0.05) is 31.4 Å². The van der Waals surface area contributed by atoms with Crippen LogP contribution >= 0.6 is 0 Å². The van der Waals surface area contributed by atoms with E-state index < -0.39 is 0 Å². The van der Waals surface area contributed by atoms with Crippen molar-refractivity contribution in [2.45, 2.75) is 13.0 Å². The van der Waals surface area contributed by atoms with Crippen molar-refractivity contribution in [1.82, 2.24) is 9.55 Å². The van der Waals surface area contributed by atoms with Crippen LogP contribution in [0.4, 0.5) is 0 Å². The topological polar surface area (TPSA) is 62.3 Å². The van der Waals surface area contributed by atoms with Gasteiger partial charge in [0.15, 0.2) is 0 Å². The second-order valence-corrected chi connectivity index (χ2v) is 4.37. The Morgan fingerprint density at radius 2 is 2.21 bits per heavy atom. The summed E-state index contributed by atoms with van der Waals surface area (Å²) in [6, 6.07) is 4.05. The maximum Gasteiger partial charge on any atom is 0.140 e. The largest absolute Gasteiger partial charge is 0.382 e. The van der Waals surface area contributed by atoms with E-state index in [0.29, 0.717) is 26.4 Å². The summed E-state index contributed by atoms with van der Waals surface area (Å²) in [7, 11) is 1.67. The second-order valence-electron chi connectivity index (χ2n) is 4.37. The van der Waals surface area contributed by atoms with E-state index in [0.717, 1.165) is 18.6 Å². The zero-order valence-electron chi connectivity index (χ0n) is 11.3. The van der Waals surface area contributed by atoms with Crippen LogP contribution in [0.1, 0.15) is 5.56 Å². The van der Waals surface area contributed by atoms with E-state index in [2.05, 4.69) is 21.8 Å². The number of hydrogen-bond acceptors (Lipinski definition) is 4. The Labute approximate surface area is 113 Å². The van der Waals surface area contributed by atoms with Crippen LogP contribution in [0.2, 0.25) is 0 Å². The molecule has 2 aromatic heterocycles. The minimum absolute atomic E-state index is 0.624. The second kappa shape index (κ2) is 7.23. The molecule has 2 rings (SSSR count). The Balaban J connectivity index is 2.05. The van der Waals surface area contributed by atoms with E-state index in [1.165, 1.54) is 10.9 Å². The number of aromatic nitrogens is 2. The van der Waals surface area contributed by atoms with Crippen molar-refractivity contribution in [1.29, 1.82) is 0 Å². The Kier molecular flexibility index (Phi) is 5.32. The molecule has 0 fully saturated rings. The van der Waals surface area contributed by atoms with Crippen molar-refractivity contribution in [3.8, 4) is 0 Å². The maximum absolute atomic E-state index is 5.65. The zero-order chi connectivity index (χ0) is 13.5. The predicted octanol–water partition coefficient (Wildman–Crippen LogP) is 1.20. The molecular formula is C14H21N3O2. The van der Waals surface area contributed by atoms with Gasteiger partial charge in [0.25, 0.3) is 0 Å². The molecule has 0 bridgehead atoms. The van der Waals surface area contributed by atoms with E-state index in [1.807, 2.05) is 12.3 Å². The fraction of sp³-hybridized carbons (Fsp3) is 0.500. The number of fused-ring (bicyclic) bond motifs is 1. The average molecular weight is 263 g/mol. The van der Waals surface area contributed by atoms with Gasteiger partial charge in [-0.2, -0.15) is 0 Å². The maximum atomic E-state index is 5.65. The number of rotatable bonds is 8. The van der Waals surface area contributed by atoms with Crippen LogP contribution in [0.3, 0.4) is 0 Å². The number of methoxy groups -OCH3 is 1. The van der Waals surface area contributed by atoms with Gasteiger partial charge in [-0.1, -0.05) is 0 Å². The summed E-state index contributed by atoms with van der Waals surface area (Å²) >= 11 is 0. The van der Waals surface area contributed by atoms with Gasteiger partial charge in [0.05, 0.1) is 19.8 Å². The van der Waals surface area contributed by atoms with Crippen molar-refractivity contribution >= 4 is 11.0 Å². The van der Waals surface area contributed by atoms with E-state index >= 15 is 0 Å². The summed E-state index contributed by atoms with van der Waals surface area (Å²) in [5.74, 6) is 0. The summed E-state index contributed by atoms with van der Waals surface area (Å²) in [5.41, 5.74) is 7.90. The molecule has 0 saturated carbocycles. The van der Waals surface area contributed by atoms with Gasteiger partial charge in [0.1, 0.15) is 5.65 Å². The Morgan fingerprint density at radius 3 is 3.00 bits per heavy atom. The first-order valence-corrected chi connectivity index (χ1v) is 6.56. The highest BCUT2D eigenvalue weighted by Crippen LogP contribution is 2.19. The van der Waals surface area contributed by atoms with Crippen molar-refractivity contribution in [2.24, 2.45) is 5.73 Å². The van der Waals surface area contributed by atoms with Crippen LogP contribution in [0.5, 0.6) is 0 Å². The highest BCUT2D eigenvalue weighted by molar-refractivity contribution is 5.80. The van der Waals surface area contributed by atoms with Gasteiger partial charge in [-0.15, -0.1) is 0 Å². The third-order valence-corrected chi connectivity index (χ3v) is 3.04. The summed E-state index contributed by atoms with van der Waals surface area (Å²) in [6.45, 7) is 3.35. The zero-order valence-corrected chi connectivity index (χ0v) is 11.3. The smallest absolute Gasteiger partial charge is 0.140 e. The van der Waals surface area contributed by atoms with Gasteiger partial charge < -0.3 is 19.8 Å². The lowest BCUT2D eigenvalue weighted by molar-refractivity contribution is 0.0669. The van der Waals surface area contributed by atoms with Crippen LogP contribution in [0.25, 0.3) is 11.0 Å². The molecule has 2 N–H and O–H groups in total. The molecular weight excluding hydrogens is 242 g/mol. The molecule has 0 aliphatic carbocycles. The first-order valence-electron chi connectivity index (χ1n) is 6.56. The fourth-order valence-electron chi connectivity index (χ4n) is 2.13. The van der Waals surface area contributed by atoms with Crippen LogP contribution in [0, 0.1) is 0 Å². The molecule has 0 radical (unpaired) electrons. The van der Waals surface area contributed by atoms with Crippen LogP contribution < -0.4 is 5.73 Å². The number of ether oxygens (including phenoxy) is 2. The van der Waals surface area contributed by atoms with E-state index in [-0.39, 0.29) is 0 Å². The molecule has 0 aliphatic rings. The van der Waals surface area contributed by atoms with E-state index in [1.54, 1.807) is 7.11 Å². The lowest BCUT2D eigenvalue weighted by atomic mass is 10.2. The summed E-state index contributed by atoms with van der Waals surface area (Å²) < 4.78 is 12.6. The molecule has 0 atom stereocenters. The number of nitrogens with zero attached hydrogens (tertiary/aromatic N) is 2. The van der Waals surface area contributed by atoms with Crippen LogP contribution in [0.15, 0.2) is 24.5 Å². The van der Waals surface area contributed by atoms with Gasteiger partial charge in [0.2, 0.25) is 0 Å². The van der Waals surface area contributed by atoms with Crippen LogP contribution in [-0.2, 0) is 22.4 Å². The summed E-state index contributed by atoms with van der Waals surface area (Å²) in [6.07, 6.45) is 4.82. The Bertz CT molecular complexity index is 510. The van der Waals surface area contributed by atoms with Crippen molar-refractivity contribution in [2.75, 3.05) is 33.5 Å². The minimum Gasteiger partial charge on any atom is -0.382 e. The van der Waals surface area contributed by atoms with E-state index in [9.17, 15) is 0 Å². The standard InChI is InChI=1S/C14H21N3O2/c1-18-9-10-19-8-7-17-11-12(4-5-15)13-3-2-6-16-14(13)17/h2-3,6,11H,4-5,7-10,15H2,1H3. The van der Waals surface area contributed by atoms with Crippen molar-refractivity contribution in [3.63, 3.8) is 0 Å². The predicted molar refractivity (Wildman–Crippen MR) is 75.2 cm³/mol. The highest BCUT2D eigenvalue weighted by atomic mass is 16.5. The molecule has 2 heterocycles. The molecule has 0 saturated heterocycles. The average Bonchev–Trinajstić information content (AvgIpc) is 2.78. The Hall–Kier alpha value is -1.43. The first-order chi connectivity index (χ1) is 9.36. The van der Waals surface area contributed by atoms with Crippen molar-refractivity contribution in [3.05, 3.63) is 30.1 Å². The highest BCUT2D eigenvalue weighted by Gasteiger charge is 2.08. The lowest BCUT2D eigenvalue weighted by Crippen LogP contribution is -2.09. The van der Waals surface area contributed by atoms with Gasteiger partial charge in [-0.05, 0) is 30.7 Å². The molecule has 0 aliphatic heterocycles. The van der Waals surface area contributed by atoms with Crippen LogP contribution in [-0.4, -0.2) is 43.0 Å². The van der Waals surface area contributed by atoms with Gasteiger partial charge in [-0.25, -0.2) is 4.98 Å².